The highest BCUT2D eigenvalue weighted by atomic mass is 127. The van der Waals surface area contributed by atoms with Crippen LogP contribution in [-0.2, 0) is 6.54 Å². The van der Waals surface area contributed by atoms with Crippen molar-refractivity contribution < 1.29 is 14.3 Å². The molecule has 1 aliphatic rings. The molecule has 2 heterocycles. The van der Waals surface area contributed by atoms with Gasteiger partial charge in [0.1, 0.15) is 17.3 Å². The first-order valence-electron chi connectivity index (χ1n) is 10.4. The number of hydrogen-bond acceptors (Lipinski definition) is 5. The number of rotatable bonds is 8. The summed E-state index contributed by atoms with van der Waals surface area (Å²) in [5.41, 5.74) is 0.722. The highest BCUT2D eigenvalue weighted by molar-refractivity contribution is 14.0. The van der Waals surface area contributed by atoms with Crippen molar-refractivity contribution in [3.63, 3.8) is 0 Å². The fourth-order valence-electron chi connectivity index (χ4n) is 3.64. The lowest BCUT2D eigenvalue weighted by molar-refractivity contribution is 0.146. The van der Waals surface area contributed by atoms with Crippen LogP contribution in [0, 0.1) is 0 Å². The molecule has 30 heavy (non-hydrogen) atoms. The number of piperidine rings is 1. The molecule has 1 aromatic carbocycles. The molecule has 8 heteroatoms. The fourth-order valence-corrected chi connectivity index (χ4v) is 3.64. The molecule has 1 unspecified atom stereocenters. The average Bonchev–Trinajstić information content (AvgIpc) is 3.28. The van der Waals surface area contributed by atoms with E-state index in [-0.39, 0.29) is 35.8 Å². The number of aliphatic imine (C=N–C) groups is 1. The molecule has 2 aromatic rings. The van der Waals surface area contributed by atoms with Crippen molar-refractivity contribution in [2.45, 2.75) is 38.8 Å². The van der Waals surface area contributed by atoms with Crippen LogP contribution < -0.4 is 15.4 Å². The fraction of sp³-hybridized carbons (Fsp3) is 0.500. The molecule has 3 N–H and O–H groups in total. The Bertz CT molecular complexity index is 777. The van der Waals surface area contributed by atoms with E-state index in [0.29, 0.717) is 24.8 Å². The number of methoxy groups -OCH3 is 1. The maximum absolute atomic E-state index is 10.1. The number of nitrogens with one attached hydrogen (secondary N) is 2. The second-order valence-corrected chi connectivity index (χ2v) is 7.20. The minimum absolute atomic E-state index is 0. The van der Waals surface area contributed by atoms with Gasteiger partial charge in [-0.25, -0.2) is 4.99 Å². The molecule has 1 aromatic heterocycles. The maximum atomic E-state index is 10.1. The molecule has 1 aliphatic heterocycles. The number of hydrogen-bond donors (Lipinski definition) is 3. The number of nitrogens with zero attached hydrogens (tertiary/aromatic N) is 2. The first kappa shape index (κ1) is 24.3. The third kappa shape index (κ3) is 6.80. The summed E-state index contributed by atoms with van der Waals surface area (Å²) < 4.78 is 11.0. The number of ether oxygens (including phenoxy) is 1. The van der Waals surface area contributed by atoms with Crippen LogP contribution in [0.3, 0.4) is 0 Å². The molecule has 0 amide bonds. The van der Waals surface area contributed by atoms with Crippen molar-refractivity contribution in [1.82, 2.24) is 15.5 Å². The van der Waals surface area contributed by atoms with Gasteiger partial charge in [0.25, 0.3) is 0 Å². The standard InChI is InChI=1S/C22H32N4O3.HI/c1-3-23-22(24-15-17-14-18(28-2)9-10-20(17)27)25-16-19(21-8-7-13-29-21)26-11-5-4-6-12-26;/h7-10,13-14,19,27H,3-6,11-12,15-16H2,1-2H3,(H2,23,24,25);1H. The predicted octanol–water partition coefficient (Wildman–Crippen LogP) is 3.89. The summed E-state index contributed by atoms with van der Waals surface area (Å²) in [5.74, 6) is 2.60. The number of phenols is 1. The number of phenolic OH excluding ortho intramolecular Hbond substituents is 1. The van der Waals surface area contributed by atoms with E-state index in [1.807, 2.05) is 25.1 Å². The first-order chi connectivity index (χ1) is 14.2. The molecule has 166 valence electrons. The van der Waals surface area contributed by atoms with E-state index >= 15 is 0 Å². The van der Waals surface area contributed by atoms with Gasteiger partial charge in [-0.15, -0.1) is 24.0 Å². The summed E-state index contributed by atoms with van der Waals surface area (Å²) in [5, 5.41) is 16.8. The molecule has 1 fully saturated rings. The Morgan fingerprint density at radius 2 is 2.03 bits per heavy atom. The number of halogens is 1. The lowest BCUT2D eigenvalue weighted by Crippen LogP contribution is -2.44. The Labute approximate surface area is 195 Å². The van der Waals surface area contributed by atoms with Crippen LogP contribution in [-0.4, -0.2) is 49.3 Å². The summed E-state index contributed by atoms with van der Waals surface area (Å²) in [6.45, 7) is 6.01. The molecule has 0 bridgehead atoms. The second kappa shape index (κ2) is 12.7. The SMILES string of the molecule is CCNC(=NCc1cc(OC)ccc1O)NCC(c1ccco1)N1CCCCC1.I. The topological polar surface area (TPSA) is 82.3 Å². The zero-order chi connectivity index (χ0) is 20.5. The third-order valence-electron chi connectivity index (χ3n) is 5.20. The third-order valence-corrected chi connectivity index (χ3v) is 5.20. The Morgan fingerprint density at radius 3 is 2.70 bits per heavy atom. The minimum atomic E-state index is 0. The van der Waals surface area contributed by atoms with Gasteiger partial charge in [-0.1, -0.05) is 6.42 Å². The zero-order valence-corrected chi connectivity index (χ0v) is 20.1. The van der Waals surface area contributed by atoms with Crippen LogP contribution >= 0.6 is 24.0 Å². The van der Waals surface area contributed by atoms with Gasteiger partial charge < -0.3 is 24.9 Å². The van der Waals surface area contributed by atoms with Crippen LogP contribution in [0.2, 0.25) is 0 Å². The number of benzene rings is 1. The molecule has 3 rings (SSSR count). The van der Waals surface area contributed by atoms with Gasteiger partial charge in [0.05, 0.1) is 26.0 Å². The van der Waals surface area contributed by atoms with Crippen molar-refractivity contribution in [1.29, 1.82) is 0 Å². The molecule has 1 atom stereocenters. The van der Waals surface area contributed by atoms with E-state index in [9.17, 15) is 5.11 Å². The largest absolute Gasteiger partial charge is 0.508 e. The molecule has 0 spiro atoms. The summed E-state index contributed by atoms with van der Waals surface area (Å²) in [6, 6.07) is 9.32. The van der Waals surface area contributed by atoms with Gasteiger partial charge in [-0.05, 0) is 63.2 Å². The molecular formula is C22H33IN4O3. The summed E-state index contributed by atoms with van der Waals surface area (Å²) in [7, 11) is 1.61. The molecule has 0 aliphatic carbocycles. The van der Waals surface area contributed by atoms with Crippen LogP contribution in [0.15, 0.2) is 46.0 Å². The van der Waals surface area contributed by atoms with E-state index in [4.69, 9.17) is 9.15 Å². The van der Waals surface area contributed by atoms with Gasteiger partial charge in [0.15, 0.2) is 5.96 Å². The van der Waals surface area contributed by atoms with Gasteiger partial charge in [-0.3, -0.25) is 4.90 Å². The second-order valence-electron chi connectivity index (χ2n) is 7.20. The minimum Gasteiger partial charge on any atom is -0.508 e. The highest BCUT2D eigenvalue weighted by Gasteiger charge is 2.24. The lowest BCUT2D eigenvalue weighted by Gasteiger charge is -2.33. The molecular weight excluding hydrogens is 495 g/mol. The molecule has 1 saturated heterocycles. The van der Waals surface area contributed by atoms with E-state index in [2.05, 4.69) is 20.5 Å². The van der Waals surface area contributed by atoms with E-state index in [1.165, 1.54) is 19.3 Å². The van der Waals surface area contributed by atoms with Crippen molar-refractivity contribution in [3.8, 4) is 11.5 Å². The van der Waals surface area contributed by atoms with E-state index in [1.54, 1.807) is 25.5 Å². The first-order valence-corrected chi connectivity index (χ1v) is 10.4. The van der Waals surface area contributed by atoms with Gasteiger partial charge in [-0.2, -0.15) is 0 Å². The quantitative estimate of drug-likeness (QED) is 0.274. The average molecular weight is 528 g/mol. The summed E-state index contributed by atoms with van der Waals surface area (Å²) >= 11 is 0. The lowest BCUT2D eigenvalue weighted by atomic mass is 10.1. The van der Waals surface area contributed by atoms with Gasteiger partial charge >= 0.3 is 0 Å². The Balaban J connectivity index is 0.00000320. The van der Waals surface area contributed by atoms with Crippen molar-refractivity contribution >= 4 is 29.9 Å². The zero-order valence-electron chi connectivity index (χ0n) is 17.8. The monoisotopic (exact) mass is 528 g/mol. The maximum Gasteiger partial charge on any atom is 0.191 e. The summed E-state index contributed by atoms with van der Waals surface area (Å²) in [6.07, 6.45) is 5.47. The molecule has 0 radical (unpaired) electrons. The number of guanidine groups is 1. The number of likely N-dealkylation sites (tertiary alicyclic amines) is 1. The molecule has 0 saturated carbocycles. The van der Waals surface area contributed by atoms with E-state index < -0.39 is 0 Å². The number of furan rings is 1. The Kier molecular flexibility index (Phi) is 10.3. The van der Waals surface area contributed by atoms with Crippen LogP contribution in [0.4, 0.5) is 0 Å². The van der Waals surface area contributed by atoms with Gasteiger partial charge in [0, 0.05) is 18.7 Å². The smallest absolute Gasteiger partial charge is 0.191 e. The highest BCUT2D eigenvalue weighted by Crippen LogP contribution is 2.25. The van der Waals surface area contributed by atoms with Gasteiger partial charge in [0.2, 0.25) is 0 Å². The summed E-state index contributed by atoms with van der Waals surface area (Å²) in [4.78, 5) is 7.13. The molecule has 7 nitrogen and oxygen atoms in total. The normalized spacial score (nSPS) is 15.9. The van der Waals surface area contributed by atoms with Crippen LogP contribution in [0.25, 0.3) is 0 Å². The Hall–Kier alpha value is -1.94. The van der Waals surface area contributed by atoms with Crippen molar-refractivity contribution in [2.75, 3.05) is 33.3 Å². The van der Waals surface area contributed by atoms with Crippen LogP contribution in [0.5, 0.6) is 11.5 Å². The van der Waals surface area contributed by atoms with Crippen molar-refractivity contribution in [2.24, 2.45) is 4.99 Å². The predicted molar refractivity (Wildman–Crippen MR) is 130 cm³/mol. The Morgan fingerprint density at radius 1 is 1.23 bits per heavy atom. The van der Waals surface area contributed by atoms with Crippen molar-refractivity contribution in [3.05, 3.63) is 47.9 Å². The van der Waals surface area contributed by atoms with Crippen LogP contribution in [0.1, 0.15) is 43.6 Å². The number of aromatic hydroxyl groups is 1. The van der Waals surface area contributed by atoms with E-state index in [0.717, 1.165) is 31.0 Å².